The Balaban J connectivity index is 3.41. The van der Waals surface area contributed by atoms with Gasteiger partial charge in [-0.25, -0.2) is 8.42 Å². The first kappa shape index (κ1) is 15.9. The van der Waals surface area contributed by atoms with E-state index in [2.05, 4.69) is 19.2 Å². The van der Waals surface area contributed by atoms with Gasteiger partial charge < -0.3 is 5.32 Å². The van der Waals surface area contributed by atoms with Gasteiger partial charge in [-0.2, -0.15) is 0 Å². The zero-order chi connectivity index (χ0) is 12.6. The van der Waals surface area contributed by atoms with Crippen LogP contribution in [0.3, 0.4) is 0 Å². The normalized spacial score (nSPS) is 12.6. The average Bonchev–Trinajstić information content (AvgIpc) is 2.15. The molecule has 4 heteroatoms. The minimum Gasteiger partial charge on any atom is -0.316 e. The van der Waals surface area contributed by atoms with Crippen LogP contribution in [0.25, 0.3) is 0 Å². The Morgan fingerprint density at radius 2 is 1.62 bits per heavy atom. The van der Waals surface area contributed by atoms with Gasteiger partial charge >= 0.3 is 0 Å². The average molecular weight is 249 g/mol. The quantitative estimate of drug-likeness (QED) is 0.637. The first-order valence-electron chi connectivity index (χ1n) is 6.28. The summed E-state index contributed by atoms with van der Waals surface area (Å²) in [6, 6.07) is 0. The summed E-state index contributed by atoms with van der Waals surface area (Å²) in [7, 11) is -2.82. The zero-order valence-electron chi connectivity index (χ0n) is 11.1. The molecule has 0 fully saturated rings. The van der Waals surface area contributed by atoms with E-state index in [4.69, 9.17) is 0 Å². The summed E-state index contributed by atoms with van der Waals surface area (Å²) in [5.74, 6) is 1.02. The molecule has 0 unspecified atom stereocenters. The summed E-state index contributed by atoms with van der Waals surface area (Å²) in [6.07, 6.45) is 2.86. The largest absolute Gasteiger partial charge is 0.316 e. The third-order valence-corrected chi connectivity index (χ3v) is 4.85. The fraction of sp³-hybridized carbons (Fsp3) is 1.00. The number of rotatable bonds is 9. The molecule has 0 aliphatic heterocycles. The van der Waals surface area contributed by atoms with Gasteiger partial charge in [0.1, 0.15) is 0 Å². The van der Waals surface area contributed by atoms with Crippen LogP contribution in [-0.2, 0) is 9.84 Å². The van der Waals surface area contributed by atoms with Crippen LogP contribution in [0.1, 0.15) is 47.0 Å². The lowest BCUT2D eigenvalue weighted by Crippen LogP contribution is -2.21. The van der Waals surface area contributed by atoms with Crippen molar-refractivity contribution in [2.75, 3.05) is 18.8 Å². The molecule has 0 aliphatic rings. The maximum absolute atomic E-state index is 11.5. The van der Waals surface area contributed by atoms with E-state index in [0.717, 1.165) is 32.4 Å². The summed E-state index contributed by atoms with van der Waals surface area (Å²) in [6.45, 7) is 9.91. The minimum absolute atomic E-state index is 0.230. The van der Waals surface area contributed by atoms with E-state index < -0.39 is 9.84 Å². The minimum atomic E-state index is -2.82. The van der Waals surface area contributed by atoms with Gasteiger partial charge in [0.25, 0.3) is 0 Å². The zero-order valence-corrected chi connectivity index (χ0v) is 11.9. The standard InChI is InChI=1S/C12H27NO2S/c1-11(2)10-13-8-6-5-7-9-16(14,15)12(3)4/h11-13H,5-10H2,1-4H3. The van der Waals surface area contributed by atoms with E-state index in [1.165, 1.54) is 0 Å². The van der Waals surface area contributed by atoms with Crippen LogP contribution in [-0.4, -0.2) is 32.5 Å². The Kier molecular flexibility index (Phi) is 8.02. The molecule has 3 nitrogen and oxygen atoms in total. The summed E-state index contributed by atoms with van der Waals surface area (Å²) < 4.78 is 23.0. The Morgan fingerprint density at radius 3 is 2.12 bits per heavy atom. The van der Waals surface area contributed by atoms with Crippen molar-refractivity contribution in [3.05, 3.63) is 0 Å². The fourth-order valence-electron chi connectivity index (χ4n) is 1.36. The highest BCUT2D eigenvalue weighted by Gasteiger charge is 2.14. The molecule has 0 heterocycles. The Hall–Kier alpha value is -0.0900. The summed E-state index contributed by atoms with van der Waals surface area (Å²) in [4.78, 5) is 0. The highest BCUT2D eigenvalue weighted by Crippen LogP contribution is 2.05. The molecule has 0 aromatic carbocycles. The summed E-state index contributed by atoms with van der Waals surface area (Å²) in [5.41, 5.74) is 0. The van der Waals surface area contributed by atoms with Gasteiger partial charge in [-0.3, -0.25) is 0 Å². The van der Waals surface area contributed by atoms with Crippen molar-refractivity contribution in [1.29, 1.82) is 0 Å². The van der Waals surface area contributed by atoms with Crippen molar-refractivity contribution >= 4 is 9.84 Å². The van der Waals surface area contributed by atoms with Crippen molar-refractivity contribution in [2.45, 2.75) is 52.2 Å². The topological polar surface area (TPSA) is 46.2 Å². The highest BCUT2D eigenvalue weighted by atomic mass is 32.2. The molecule has 0 bridgehead atoms. The Bertz CT molecular complexity index is 258. The molecule has 0 aromatic rings. The molecule has 98 valence electrons. The number of hydrogen-bond donors (Lipinski definition) is 1. The van der Waals surface area contributed by atoms with Crippen LogP contribution in [0.2, 0.25) is 0 Å². The van der Waals surface area contributed by atoms with Gasteiger partial charge in [0.2, 0.25) is 0 Å². The Labute approximate surface area is 101 Å². The predicted molar refractivity (Wildman–Crippen MR) is 70.5 cm³/mol. The van der Waals surface area contributed by atoms with Crippen LogP contribution in [0.4, 0.5) is 0 Å². The number of sulfone groups is 1. The highest BCUT2D eigenvalue weighted by molar-refractivity contribution is 7.91. The maximum atomic E-state index is 11.5. The molecule has 0 rings (SSSR count). The molecule has 0 spiro atoms. The van der Waals surface area contributed by atoms with Crippen LogP contribution in [0.15, 0.2) is 0 Å². The smallest absolute Gasteiger partial charge is 0.152 e. The van der Waals surface area contributed by atoms with E-state index in [1.54, 1.807) is 13.8 Å². The first-order valence-corrected chi connectivity index (χ1v) is 8.00. The lowest BCUT2D eigenvalue weighted by Gasteiger charge is -2.08. The van der Waals surface area contributed by atoms with Crippen LogP contribution in [0, 0.1) is 5.92 Å². The SMILES string of the molecule is CC(C)CNCCCCCS(=O)(=O)C(C)C. The number of nitrogens with one attached hydrogen (secondary N) is 1. The Morgan fingerprint density at radius 1 is 1.00 bits per heavy atom. The van der Waals surface area contributed by atoms with Gasteiger partial charge in [0.15, 0.2) is 9.84 Å². The van der Waals surface area contributed by atoms with Gasteiger partial charge in [-0.15, -0.1) is 0 Å². The molecule has 1 N–H and O–H groups in total. The lowest BCUT2D eigenvalue weighted by molar-refractivity contribution is 0.532. The third kappa shape index (κ3) is 8.11. The van der Waals surface area contributed by atoms with Crippen LogP contribution >= 0.6 is 0 Å². The molecular weight excluding hydrogens is 222 g/mol. The van der Waals surface area contributed by atoms with E-state index in [1.807, 2.05) is 0 Å². The van der Waals surface area contributed by atoms with Crippen molar-refractivity contribution < 1.29 is 8.42 Å². The van der Waals surface area contributed by atoms with E-state index >= 15 is 0 Å². The molecule has 0 radical (unpaired) electrons. The first-order chi connectivity index (χ1) is 7.36. The molecule has 0 amide bonds. The van der Waals surface area contributed by atoms with Gasteiger partial charge in [0.05, 0.1) is 11.0 Å². The van der Waals surface area contributed by atoms with Gasteiger partial charge in [-0.1, -0.05) is 20.3 Å². The van der Waals surface area contributed by atoms with Crippen LogP contribution in [0.5, 0.6) is 0 Å². The summed E-state index contributed by atoms with van der Waals surface area (Å²) in [5, 5.41) is 3.13. The predicted octanol–water partition coefficient (Wildman–Crippen LogP) is 2.23. The second-order valence-electron chi connectivity index (χ2n) is 5.07. The fourth-order valence-corrected chi connectivity index (χ4v) is 2.43. The monoisotopic (exact) mass is 249 g/mol. The third-order valence-electron chi connectivity index (χ3n) is 2.55. The second-order valence-corrected chi connectivity index (χ2v) is 7.75. The molecule has 0 atom stereocenters. The molecular formula is C12H27NO2S. The number of hydrogen-bond acceptors (Lipinski definition) is 3. The molecule has 16 heavy (non-hydrogen) atoms. The lowest BCUT2D eigenvalue weighted by atomic mass is 10.2. The second kappa shape index (κ2) is 8.07. The van der Waals surface area contributed by atoms with E-state index in [0.29, 0.717) is 11.7 Å². The molecule has 0 aromatic heterocycles. The van der Waals surface area contributed by atoms with Gasteiger partial charge in [-0.05, 0) is 45.7 Å². The van der Waals surface area contributed by atoms with Crippen molar-refractivity contribution in [2.24, 2.45) is 5.92 Å². The molecule has 0 aliphatic carbocycles. The molecule has 0 saturated carbocycles. The summed E-state index contributed by atoms with van der Waals surface area (Å²) >= 11 is 0. The maximum Gasteiger partial charge on any atom is 0.152 e. The number of unbranched alkanes of at least 4 members (excludes halogenated alkanes) is 2. The van der Waals surface area contributed by atoms with E-state index in [-0.39, 0.29) is 5.25 Å². The van der Waals surface area contributed by atoms with Crippen molar-refractivity contribution in [3.63, 3.8) is 0 Å². The molecule has 0 saturated heterocycles. The van der Waals surface area contributed by atoms with E-state index in [9.17, 15) is 8.42 Å². The van der Waals surface area contributed by atoms with Gasteiger partial charge in [0, 0.05) is 0 Å². The van der Waals surface area contributed by atoms with Crippen molar-refractivity contribution in [3.8, 4) is 0 Å². The van der Waals surface area contributed by atoms with Crippen molar-refractivity contribution in [1.82, 2.24) is 5.32 Å². The van der Waals surface area contributed by atoms with Crippen LogP contribution < -0.4 is 5.32 Å².